The number of anilines is 1. The minimum atomic E-state index is -5.12. The number of amides is 1. The van der Waals surface area contributed by atoms with Crippen molar-refractivity contribution in [3.05, 3.63) is 58.1 Å². The number of fused-ring (bicyclic) bond motifs is 1. The van der Waals surface area contributed by atoms with Crippen LogP contribution in [0.15, 0.2) is 36.4 Å². The largest absolute Gasteiger partial charge is 0.496 e. The molecule has 3 rings (SSSR count). The summed E-state index contributed by atoms with van der Waals surface area (Å²) in [5.74, 6) is -1.54. The molecule has 2 aromatic rings. The molecule has 0 bridgehead atoms. The molecule has 0 saturated heterocycles. The predicted octanol–water partition coefficient (Wildman–Crippen LogP) is 3.99. The number of hydrogen-bond donors (Lipinski definition) is 2. The second-order valence-electron chi connectivity index (χ2n) is 6.21. The maximum absolute atomic E-state index is 16.3. The molecule has 1 aliphatic rings. The smallest absolute Gasteiger partial charge is 0.471 e. The molecule has 1 amide bonds. The second-order valence-corrected chi connectivity index (χ2v) is 7.89. The fraction of sp³-hybridized carbons (Fsp3) is 0.235. The van der Waals surface area contributed by atoms with Crippen molar-refractivity contribution in [2.45, 2.75) is 11.8 Å². The minimum Gasteiger partial charge on any atom is -0.496 e. The van der Waals surface area contributed by atoms with E-state index in [1.807, 2.05) is 0 Å². The fourth-order valence-electron chi connectivity index (χ4n) is 3.10. The Kier molecular flexibility index (Phi) is 5.63. The molecule has 0 aliphatic carbocycles. The van der Waals surface area contributed by atoms with E-state index in [4.69, 9.17) is 26.1 Å². The van der Waals surface area contributed by atoms with Crippen molar-refractivity contribution in [3.63, 3.8) is 0 Å². The van der Waals surface area contributed by atoms with E-state index in [-0.39, 0.29) is 16.3 Å². The monoisotopic (exact) mass is 469 g/mol. The van der Waals surface area contributed by atoms with Crippen LogP contribution < -0.4 is 9.64 Å². The molecule has 7 nitrogen and oxygen atoms in total. The number of alkyl halides is 4. The minimum absolute atomic E-state index is 0.0222. The lowest BCUT2D eigenvalue weighted by atomic mass is 9.88. The van der Waals surface area contributed by atoms with Crippen molar-refractivity contribution in [2.24, 2.45) is 0 Å². The lowest BCUT2D eigenvalue weighted by Crippen LogP contribution is -2.39. The van der Waals surface area contributed by atoms with E-state index < -0.39 is 49.1 Å². The van der Waals surface area contributed by atoms with Gasteiger partial charge >= 0.3 is 14.0 Å². The zero-order valence-corrected chi connectivity index (χ0v) is 16.6. The SMILES string of the molecule is COc1ccc(Cl)cc1[C@@]1(F)C(=O)N(COP(=O)(O)O)c2cc(C(F)(F)F)ccc21. The van der Waals surface area contributed by atoms with Crippen molar-refractivity contribution >= 4 is 31.0 Å². The molecule has 0 unspecified atom stereocenters. The quantitative estimate of drug-likeness (QED) is 0.508. The van der Waals surface area contributed by atoms with E-state index in [0.717, 1.165) is 12.1 Å². The van der Waals surface area contributed by atoms with Crippen LogP contribution in [-0.2, 0) is 25.7 Å². The van der Waals surface area contributed by atoms with Crippen LogP contribution in [0.5, 0.6) is 5.75 Å². The van der Waals surface area contributed by atoms with Gasteiger partial charge in [-0.25, -0.2) is 8.96 Å². The summed E-state index contributed by atoms with van der Waals surface area (Å²) in [5.41, 5.74) is -5.68. The summed E-state index contributed by atoms with van der Waals surface area (Å²) < 4.78 is 76.1. The molecular weight excluding hydrogens is 457 g/mol. The number of phosphoric acid groups is 1. The molecular formula is C17H13ClF4NO6P. The highest BCUT2D eigenvalue weighted by Crippen LogP contribution is 2.52. The van der Waals surface area contributed by atoms with Gasteiger partial charge in [0.1, 0.15) is 12.5 Å². The molecule has 0 fully saturated rings. The molecule has 1 heterocycles. The number of phosphoric ester groups is 1. The summed E-state index contributed by atoms with van der Waals surface area (Å²) in [6, 6.07) is 5.56. The summed E-state index contributed by atoms with van der Waals surface area (Å²) >= 11 is 5.91. The van der Waals surface area contributed by atoms with Crippen LogP contribution in [0.25, 0.3) is 0 Å². The van der Waals surface area contributed by atoms with Crippen molar-refractivity contribution in [2.75, 3.05) is 18.7 Å². The highest BCUT2D eigenvalue weighted by molar-refractivity contribution is 7.46. The lowest BCUT2D eigenvalue weighted by molar-refractivity contribution is -0.137. The van der Waals surface area contributed by atoms with Gasteiger partial charge in [-0.1, -0.05) is 17.7 Å². The Labute approximate surface area is 172 Å². The first kappa shape index (κ1) is 22.5. The van der Waals surface area contributed by atoms with Gasteiger partial charge in [-0.2, -0.15) is 13.2 Å². The van der Waals surface area contributed by atoms with E-state index in [1.54, 1.807) is 0 Å². The van der Waals surface area contributed by atoms with Crippen LogP contribution in [0.1, 0.15) is 16.7 Å². The summed E-state index contributed by atoms with van der Waals surface area (Å²) in [7, 11) is -3.93. The summed E-state index contributed by atoms with van der Waals surface area (Å²) in [6.07, 6.45) is -4.82. The topological polar surface area (TPSA) is 96.3 Å². The number of rotatable bonds is 5. The maximum Gasteiger partial charge on any atom is 0.471 e. The number of carbonyl (C=O) groups is 1. The summed E-state index contributed by atoms with van der Waals surface area (Å²) in [4.78, 5) is 31.2. The van der Waals surface area contributed by atoms with Gasteiger partial charge in [-0.05, 0) is 30.3 Å². The third-order valence-electron chi connectivity index (χ3n) is 4.41. The number of methoxy groups -OCH3 is 1. The Balaban J connectivity index is 2.24. The molecule has 0 aromatic heterocycles. The fourth-order valence-corrected chi connectivity index (χ4v) is 3.54. The number of benzene rings is 2. The van der Waals surface area contributed by atoms with Gasteiger partial charge in [0, 0.05) is 16.1 Å². The Bertz CT molecular complexity index is 1060. The standard InChI is InChI=1S/C17H13ClF4NO6P/c1-28-14-5-3-10(18)7-12(14)16(19)11-4-2-9(17(20,21)22)6-13(11)23(15(16)24)8-29-30(25,26)27/h2-7H,8H2,1H3,(H2,25,26,27)/t16-/m1/s1. The average molecular weight is 470 g/mol. The van der Waals surface area contributed by atoms with Crippen LogP contribution in [0, 0.1) is 0 Å². The molecule has 2 aromatic carbocycles. The Morgan fingerprint density at radius 3 is 2.40 bits per heavy atom. The summed E-state index contributed by atoms with van der Waals surface area (Å²) in [5, 5.41) is 0.0222. The third kappa shape index (κ3) is 3.91. The van der Waals surface area contributed by atoms with Gasteiger partial charge in [0.05, 0.1) is 18.4 Å². The van der Waals surface area contributed by atoms with Gasteiger partial charge in [0.15, 0.2) is 0 Å². The number of halogens is 5. The number of ether oxygens (including phenoxy) is 1. The van der Waals surface area contributed by atoms with Crippen LogP contribution in [-0.4, -0.2) is 29.5 Å². The maximum atomic E-state index is 16.3. The zero-order valence-electron chi connectivity index (χ0n) is 15.0. The third-order valence-corrected chi connectivity index (χ3v) is 5.10. The van der Waals surface area contributed by atoms with Crippen LogP contribution in [0.3, 0.4) is 0 Å². The van der Waals surface area contributed by atoms with Crippen LogP contribution in [0.4, 0.5) is 23.2 Å². The Morgan fingerprint density at radius 1 is 1.17 bits per heavy atom. The Hall–Kier alpha value is -2.17. The number of carbonyl (C=O) groups excluding carboxylic acids is 1. The molecule has 0 radical (unpaired) electrons. The average Bonchev–Trinajstić information content (AvgIpc) is 2.86. The van der Waals surface area contributed by atoms with Gasteiger partial charge in [-0.3, -0.25) is 14.2 Å². The first-order valence-electron chi connectivity index (χ1n) is 8.05. The van der Waals surface area contributed by atoms with Gasteiger partial charge < -0.3 is 14.5 Å². The molecule has 30 heavy (non-hydrogen) atoms. The normalized spacial score (nSPS) is 19.2. The first-order valence-corrected chi connectivity index (χ1v) is 9.96. The van der Waals surface area contributed by atoms with E-state index in [2.05, 4.69) is 4.52 Å². The van der Waals surface area contributed by atoms with E-state index >= 15 is 4.39 Å². The number of nitrogens with zero attached hydrogens (tertiary/aromatic N) is 1. The molecule has 1 atom stereocenters. The van der Waals surface area contributed by atoms with E-state index in [1.165, 1.54) is 19.2 Å². The molecule has 162 valence electrons. The van der Waals surface area contributed by atoms with Crippen molar-refractivity contribution < 1.29 is 46.0 Å². The predicted molar refractivity (Wildman–Crippen MR) is 96.8 cm³/mol. The van der Waals surface area contributed by atoms with Crippen LogP contribution in [0.2, 0.25) is 5.02 Å². The van der Waals surface area contributed by atoms with Crippen LogP contribution >= 0.6 is 19.4 Å². The van der Waals surface area contributed by atoms with E-state index in [9.17, 15) is 22.5 Å². The van der Waals surface area contributed by atoms with Gasteiger partial charge in [0.2, 0.25) is 5.67 Å². The molecule has 0 saturated carbocycles. The number of hydrogen-bond acceptors (Lipinski definition) is 4. The lowest BCUT2D eigenvalue weighted by Gasteiger charge is -2.23. The Morgan fingerprint density at radius 2 is 1.83 bits per heavy atom. The molecule has 2 N–H and O–H groups in total. The molecule has 0 spiro atoms. The molecule has 13 heteroatoms. The molecule has 1 aliphatic heterocycles. The van der Waals surface area contributed by atoms with Gasteiger partial charge in [-0.15, -0.1) is 0 Å². The van der Waals surface area contributed by atoms with E-state index in [0.29, 0.717) is 17.0 Å². The van der Waals surface area contributed by atoms with Crippen molar-refractivity contribution in [3.8, 4) is 5.75 Å². The first-order chi connectivity index (χ1) is 13.8. The van der Waals surface area contributed by atoms with Crippen molar-refractivity contribution in [1.29, 1.82) is 0 Å². The van der Waals surface area contributed by atoms with Crippen molar-refractivity contribution in [1.82, 2.24) is 0 Å². The highest BCUT2D eigenvalue weighted by atomic mass is 35.5. The summed E-state index contributed by atoms with van der Waals surface area (Å²) in [6.45, 7) is -1.19. The highest BCUT2D eigenvalue weighted by Gasteiger charge is 2.55. The van der Waals surface area contributed by atoms with Gasteiger partial charge in [0.25, 0.3) is 5.91 Å². The second kappa shape index (κ2) is 7.51. The zero-order chi connectivity index (χ0) is 22.5.